The lowest BCUT2D eigenvalue weighted by atomic mass is 9.99. The number of ether oxygens (including phenoxy) is 1. The molecule has 1 fully saturated rings. The number of thiazole rings is 1. The van der Waals surface area contributed by atoms with E-state index in [1.807, 2.05) is 11.3 Å². The van der Waals surface area contributed by atoms with Crippen molar-refractivity contribution in [3.63, 3.8) is 0 Å². The summed E-state index contributed by atoms with van der Waals surface area (Å²) in [5.74, 6) is 0.703. The predicted octanol–water partition coefficient (Wildman–Crippen LogP) is 2.58. The number of aryl methyl sites for hydroxylation is 1. The first-order valence-electron chi connectivity index (χ1n) is 6.07. The van der Waals surface area contributed by atoms with Gasteiger partial charge in [-0.25, -0.2) is 4.98 Å². The van der Waals surface area contributed by atoms with E-state index in [2.05, 4.69) is 0 Å². The zero-order valence-electron chi connectivity index (χ0n) is 9.61. The van der Waals surface area contributed by atoms with Gasteiger partial charge in [0.15, 0.2) is 0 Å². The third kappa shape index (κ3) is 1.79. The second-order valence-corrected chi connectivity index (χ2v) is 5.97. The van der Waals surface area contributed by atoms with E-state index in [0.717, 1.165) is 23.5 Å². The Morgan fingerprint density at radius 3 is 2.88 bits per heavy atom. The van der Waals surface area contributed by atoms with Gasteiger partial charge in [0.1, 0.15) is 11.1 Å². The molecule has 0 amide bonds. The van der Waals surface area contributed by atoms with Crippen molar-refractivity contribution >= 4 is 11.3 Å². The second kappa shape index (κ2) is 4.09. The SMILES string of the molecule is COC(c1nc2c(s1)CCCC2N)C1CC1. The number of nitrogens with zero attached hydrogens (tertiary/aromatic N) is 1. The van der Waals surface area contributed by atoms with Gasteiger partial charge < -0.3 is 10.5 Å². The van der Waals surface area contributed by atoms with E-state index in [9.17, 15) is 0 Å². The van der Waals surface area contributed by atoms with Crippen molar-refractivity contribution in [1.29, 1.82) is 0 Å². The summed E-state index contributed by atoms with van der Waals surface area (Å²) in [6.07, 6.45) is 6.24. The number of hydrogen-bond acceptors (Lipinski definition) is 4. The predicted molar refractivity (Wildman–Crippen MR) is 64.5 cm³/mol. The Balaban J connectivity index is 1.90. The van der Waals surface area contributed by atoms with Gasteiger partial charge in [0.2, 0.25) is 0 Å². The third-order valence-electron chi connectivity index (χ3n) is 3.56. The summed E-state index contributed by atoms with van der Waals surface area (Å²) in [5, 5.41) is 1.16. The average molecular weight is 238 g/mol. The Labute approximate surface area is 100 Å². The van der Waals surface area contributed by atoms with Crippen LogP contribution in [0.15, 0.2) is 0 Å². The van der Waals surface area contributed by atoms with Gasteiger partial charge in [0, 0.05) is 18.0 Å². The molecule has 0 spiro atoms. The monoisotopic (exact) mass is 238 g/mol. The summed E-state index contributed by atoms with van der Waals surface area (Å²) in [4.78, 5) is 6.13. The molecule has 0 saturated heterocycles. The maximum atomic E-state index is 6.10. The fraction of sp³-hybridized carbons (Fsp3) is 0.750. The molecule has 0 radical (unpaired) electrons. The Hall–Kier alpha value is -0.450. The van der Waals surface area contributed by atoms with Crippen LogP contribution in [-0.4, -0.2) is 12.1 Å². The van der Waals surface area contributed by atoms with Gasteiger partial charge in [-0.2, -0.15) is 0 Å². The van der Waals surface area contributed by atoms with Gasteiger partial charge in [-0.05, 0) is 38.0 Å². The number of methoxy groups -OCH3 is 1. The lowest BCUT2D eigenvalue weighted by Gasteiger charge is -2.15. The molecule has 2 N–H and O–H groups in total. The number of nitrogens with two attached hydrogens (primary N) is 1. The highest BCUT2D eigenvalue weighted by Gasteiger charge is 2.35. The zero-order valence-corrected chi connectivity index (χ0v) is 10.4. The van der Waals surface area contributed by atoms with Gasteiger partial charge in [0.05, 0.1) is 5.69 Å². The summed E-state index contributed by atoms with van der Waals surface area (Å²) in [5.41, 5.74) is 7.24. The molecule has 3 nitrogen and oxygen atoms in total. The number of hydrogen-bond donors (Lipinski definition) is 1. The topological polar surface area (TPSA) is 48.1 Å². The summed E-state index contributed by atoms with van der Waals surface area (Å²) in [7, 11) is 1.79. The maximum Gasteiger partial charge on any atom is 0.122 e. The van der Waals surface area contributed by atoms with E-state index >= 15 is 0 Å². The molecule has 1 saturated carbocycles. The van der Waals surface area contributed by atoms with E-state index in [4.69, 9.17) is 15.5 Å². The minimum absolute atomic E-state index is 0.158. The van der Waals surface area contributed by atoms with E-state index in [-0.39, 0.29) is 12.1 Å². The van der Waals surface area contributed by atoms with Gasteiger partial charge in [0.25, 0.3) is 0 Å². The Bertz CT molecular complexity index is 386. The largest absolute Gasteiger partial charge is 0.374 e. The van der Waals surface area contributed by atoms with Crippen molar-refractivity contribution in [2.24, 2.45) is 11.7 Å². The fourth-order valence-corrected chi connectivity index (χ4v) is 3.84. The molecular weight excluding hydrogens is 220 g/mol. The Morgan fingerprint density at radius 1 is 1.44 bits per heavy atom. The van der Waals surface area contributed by atoms with Crippen LogP contribution in [0.5, 0.6) is 0 Å². The van der Waals surface area contributed by atoms with Gasteiger partial charge in [-0.1, -0.05) is 0 Å². The van der Waals surface area contributed by atoms with E-state index < -0.39 is 0 Å². The van der Waals surface area contributed by atoms with Gasteiger partial charge in [-0.3, -0.25) is 0 Å². The van der Waals surface area contributed by atoms with Crippen LogP contribution in [0.4, 0.5) is 0 Å². The van der Waals surface area contributed by atoms with E-state index in [1.165, 1.54) is 24.1 Å². The molecule has 3 rings (SSSR count). The van der Waals surface area contributed by atoms with Crippen LogP contribution in [-0.2, 0) is 11.2 Å². The third-order valence-corrected chi connectivity index (χ3v) is 4.75. The highest BCUT2D eigenvalue weighted by atomic mass is 32.1. The highest BCUT2D eigenvalue weighted by Crippen LogP contribution is 2.45. The first-order chi connectivity index (χ1) is 7.79. The Kier molecular flexibility index (Phi) is 2.73. The minimum atomic E-state index is 0.158. The van der Waals surface area contributed by atoms with Crippen LogP contribution in [0.2, 0.25) is 0 Å². The smallest absolute Gasteiger partial charge is 0.122 e. The molecule has 2 aliphatic carbocycles. The van der Waals surface area contributed by atoms with Crippen molar-refractivity contribution in [3.8, 4) is 0 Å². The second-order valence-electron chi connectivity index (χ2n) is 4.85. The van der Waals surface area contributed by atoms with E-state index in [0.29, 0.717) is 5.92 Å². The van der Waals surface area contributed by atoms with Crippen LogP contribution < -0.4 is 5.73 Å². The van der Waals surface area contributed by atoms with E-state index in [1.54, 1.807) is 7.11 Å². The summed E-state index contributed by atoms with van der Waals surface area (Å²) in [6.45, 7) is 0. The zero-order chi connectivity index (χ0) is 11.1. The van der Waals surface area contributed by atoms with Crippen LogP contribution >= 0.6 is 11.3 Å². The van der Waals surface area contributed by atoms with Crippen molar-refractivity contribution in [3.05, 3.63) is 15.6 Å². The van der Waals surface area contributed by atoms with Gasteiger partial charge >= 0.3 is 0 Å². The molecule has 0 aromatic carbocycles. The van der Waals surface area contributed by atoms with Gasteiger partial charge in [-0.15, -0.1) is 11.3 Å². The number of aromatic nitrogens is 1. The molecule has 16 heavy (non-hydrogen) atoms. The lowest BCUT2D eigenvalue weighted by molar-refractivity contribution is 0.0842. The van der Waals surface area contributed by atoms with Crippen molar-refractivity contribution in [2.75, 3.05) is 7.11 Å². The van der Waals surface area contributed by atoms with Crippen LogP contribution in [0, 0.1) is 5.92 Å². The highest BCUT2D eigenvalue weighted by molar-refractivity contribution is 7.11. The molecular formula is C12H18N2OS. The molecule has 0 bridgehead atoms. The maximum absolute atomic E-state index is 6.10. The first-order valence-corrected chi connectivity index (χ1v) is 6.89. The molecule has 0 aliphatic heterocycles. The number of fused-ring (bicyclic) bond motifs is 1. The molecule has 1 aromatic heterocycles. The summed E-state index contributed by atoms with van der Waals surface area (Å²) in [6, 6.07) is 0.158. The fourth-order valence-electron chi connectivity index (χ4n) is 2.49. The van der Waals surface area contributed by atoms with Crippen molar-refractivity contribution in [1.82, 2.24) is 4.98 Å². The van der Waals surface area contributed by atoms with Crippen molar-refractivity contribution < 1.29 is 4.74 Å². The van der Waals surface area contributed by atoms with Crippen LogP contribution in [0.1, 0.15) is 53.4 Å². The first kappa shape index (κ1) is 10.7. The standard InChI is InChI=1S/C12H18N2OS/c1-15-11(7-5-6-7)12-14-10-8(13)3-2-4-9(10)16-12/h7-8,11H,2-6,13H2,1H3. The normalized spacial score (nSPS) is 26.5. The van der Waals surface area contributed by atoms with Crippen LogP contribution in [0.25, 0.3) is 0 Å². The van der Waals surface area contributed by atoms with Crippen LogP contribution in [0.3, 0.4) is 0 Å². The molecule has 2 unspecified atom stereocenters. The molecule has 1 aromatic rings. The molecule has 2 atom stereocenters. The Morgan fingerprint density at radius 2 is 2.25 bits per heavy atom. The molecule has 2 aliphatic rings. The summed E-state index contributed by atoms with van der Waals surface area (Å²) < 4.78 is 5.58. The molecule has 4 heteroatoms. The number of rotatable bonds is 3. The average Bonchev–Trinajstić information content (AvgIpc) is 2.99. The quantitative estimate of drug-likeness (QED) is 0.880. The summed E-state index contributed by atoms with van der Waals surface area (Å²) >= 11 is 1.82. The minimum Gasteiger partial charge on any atom is -0.374 e. The van der Waals surface area contributed by atoms with Crippen molar-refractivity contribution in [2.45, 2.75) is 44.2 Å². The molecule has 1 heterocycles. The lowest BCUT2D eigenvalue weighted by Crippen LogP contribution is -2.16. The molecule has 88 valence electrons.